The second-order valence-electron chi connectivity index (χ2n) is 3.83. The Morgan fingerprint density at radius 1 is 1.59 bits per heavy atom. The van der Waals surface area contributed by atoms with E-state index in [2.05, 4.69) is 10.6 Å². The van der Waals surface area contributed by atoms with E-state index in [-0.39, 0.29) is 18.4 Å². The first-order valence-corrected chi connectivity index (χ1v) is 5.19. The van der Waals surface area contributed by atoms with Crippen molar-refractivity contribution in [2.24, 2.45) is 5.73 Å². The topological polar surface area (TPSA) is 93.5 Å². The van der Waals surface area contributed by atoms with E-state index in [1.165, 1.54) is 0 Å². The van der Waals surface area contributed by atoms with Crippen LogP contribution in [0.1, 0.15) is 6.92 Å². The van der Waals surface area contributed by atoms with Crippen molar-refractivity contribution in [2.75, 3.05) is 17.2 Å². The molecule has 0 aliphatic carbocycles. The van der Waals surface area contributed by atoms with Gasteiger partial charge in [-0.2, -0.15) is 0 Å². The van der Waals surface area contributed by atoms with Crippen molar-refractivity contribution in [2.45, 2.75) is 13.0 Å². The third-order valence-electron chi connectivity index (χ3n) is 2.29. The van der Waals surface area contributed by atoms with Gasteiger partial charge in [-0.15, -0.1) is 0 Å². The third kappa shape index (κ3) is 2.54. The minimum atomic E-state index is -0.586. The van der Waals surface area contributed by atoms with Crippen LogP contribution in [0.3, 0.4) is 0 Å². The SMILES string of the molecule is C[C@@H](N)C(=O)Nc1ccc2c(c1)NC(=O)CO2. The van der Waals surface area contributed by atoms with Crippen molar-refractivity contribution in [1.29, 1.82) is 0 Å². The van der Waals surface area contributed by atoms with Crippen molar-refractivity contribution in [3.8, 4) is 5.75 Å². The quantitative estimate of drug-likeness (QED) is 0.687. The molecule has 0 fully saturated rings. The van der Waals surface area contributed by atoms with Crippen molar-refractivity contribution >= 4 is 23.2 Å². The molecule has 90 valence electrons. The van der Waals surface area contributed by atoms with Crippen LogP contribution in [0.2, 0.25) is 0 Å². The lowest BCUT2D eigenvalue weighted by molar-refractivity contribution is -0.118. The summed E-state index contributed by atoms with van der Waals surface area (Å²) < 4.78 is 5.19. The summed E-state index contributed by atoms with van der Waals surface area (Å²) in [6, 6.07) is 4.42. The molecule has 1 aromatic rings. The standard InChI is InChI=1S/C11H13N3O3/c1-6(12)11(16)13-7-2-3-9-8(4-7)14-10(15)5-17-9/h2-4,6H,5,12H2,1H3,(H,13,16)(H,14,15)/t6-/m1/s1. The predicted octanol–water partition coefficient (Wildman–Crippen LogP) is 0.303. The van der Waals surface area contributed by atoms with Crippen LogP contribution >= 0.6 is 0 Å². The minimum absolute atomic E-state index is 0.0124. The summed E-state index contributed by atoms with van der Waals surface area (Å²) in [5.41, 5.74) is 6.55. The largest absolute Gasteiger partial charge is 0.482 e. The summed E-state index contributed by atoms with van der Waals surface area (Å²) in [7, 11) is 0. The number of carbonyl (C=O) groups excluding carboxylic acids is 2. The highest BCUT2D eigenvalue weighted by Crippen LogP contribution is 2.30. The fourth-order valence-electron chi connectivity index (χ4n) is 1.42. The molecule has 6 heteroatoms. The van der Waals surface area contributed by atoms with Crippen LogP contribution < -0.4 is 21.1 Å². The number of carbonyl (C=O) groups is 2. The summed E-state index contributed by atoms with van der Waals surface area (Å²) in [5.74, 6) is 0.0876. The Morgan fingerprint density at radius 3 is 3.06 bits per heavy atom. The van der Waals surface area contributed by atoms with E-state index in [4.69, 9.17) is 10.5 Å². The van der Waals surface area contributed by atoms with Crippen LogP contribution in [0.4, 0.5) is 11.4 Å². The Hall–Kier alpha value is -2.08. The number of rotatable bonds is 2. The number of ether oxygens (including phenoxy) is 1. The number of anilines is 2. The summed E-state index contributed by atoms with van der Waals surface area (Å²) in [5, 5.41) is 5.29. The van der Waals surface area contributed by atoms with Gasteiger partial charge in [-0.25, -0.2) is 0 Å². The van der Waals surface area contributed by atoms with Gasteiger partial charge in [-0.1, -0.05) is 0 Å². The van der Waals surface area contributed by atoms with Gasteiger partial charge in [-0.05, 0) is 25.1 Å². The van der Waals surface area contributed by atoms with E-state index in [1.54, 1.807) is 25.1 Å². The van der Waals surface area contributed by atoms with E-state index in [1.807, 2.05) is 0 Å². The fourth-order valence-corrected chi connectivity index (χ4v) is 1.42. The second kappa shape index (κ2) is 4.42. The number of nitrogens with one attached hydrogen (secondary N) is 2. The van der Waals surface area contributed by atoms with Crippen LogP contribution in [-0.4, -0.2) is 24.5 Å². The van der Waals surface area contributed by atoms with Gasteiger partial charge >= 0.3 is 0 Å². The number of amides is 2. The first-order chi connectivity index (χ1) is 8.06. The van der Waals surface area contributed by atoms with Crippen molar-refractivity contribution in [1.82, 2.24) is 0 Å². The molecular formula is C11H13N3O3. The zero-order valence-corrected chi connectivity index (χ0v) is 9.32. The highest BCUT2D eigenvalue weighted by molar-refractivity contribution is 5.98. The third-order valence-corrected chi connectivity index (χ3v) is 2.29. The number of nitrogens with two attached hydrogens (primary N) is 1. The van der Waals surface area contributed by atoms with Crippen LogP contribution in [0, 0.1) is 0 Å². The van der Waals surface area contributed by atoms with Gasteiger partial charge in [0.2, 0.25) is 5.91 Å². The Kier molecular flexibility index (Phi) is 2.97. The maximum Gasteiger partial charge on any atom is 0.262 e. The van der Waals surface area contributed by atoms with Gasteiger partial charge in [0.1, 0.15) is 5.75 Å². The molecule has 0 saturated heterocycles. The second-order valence-corrected chi connectivity index (χ2v) is 3.83. The van der Waals surface area contributed by atoms with Gasteiger partial charge in [-0.3, -0.25) is 9.59 Å². The average Bonchev–Trinajstić information content (AvgIpc) is 2.28. The van der Waals surface area contributed by atoms with Crippen LogP contribution in [0.25, 0.3) is 0 Å². The first kappa shape index (κ1) is 11.4. The van der Waals surface area contributed by atoms with Crippen molar-refractivity contribution < 1.29 is 14.3 Å². The Balaban J connectivity index is 2.18. The van der Waals surface area contributed by atoms with Crippen LogP contribution in [0.5, 0.6) is 5.75 Å². The lowest BCUT2D eigenvalue weighted by Crippen LogP contribution is -2.32. The molecule has 1 aliphatic heterocycles. The van der Waals surface area contributed by atoms with E-state index < -0.39 is 6.04 Å². The zero-order valence-electron chi connectivity index (χ0n) is 9.32. The monoisotopic (exact) mass is 235 g/mol. The molecule has 2 amide bonds. The van der Waals surface area contributed by atoms with Crippen LogP contribution in [0.15, 0.2) is 18.2 Å². The summed E-state index contributed by atoms with van der Waals surface area (Å²) in [4.78, 5) is 22.5. The van der Waals surface area contributed by atoms with Gasteiger partial charge in [0.05, 0.1) is 11.7 Å². The highest BCUT2D eigenvalue weighted by atomic mass is 16.5. The molecule has 0 unspecified atom stereocenters. The summed E-state index contributed by atoms with van der Waals surface area (Å²) in [6.07, 6.45) is 0. The molecule has 0 aromatic heterocycles. The van der Waals surface area contributed by atoms with E-state index in [9.17, 15) is 9.59 Å². The molecule has 1 heterocycles. The molecule has 0 spiro atoms. The van der Waals surface area contributed by atoms with E-state index in [0.29, 0.717) is 17.1 Å². The lowest BCUT2D eigenvalue weighted by Gasteiger charge is -2.18. The Bertz CT molecular complexity index is 471. The molecule has 4 N–H and O–H groups in total. The predicted molar refractivity (Wildman–Crippen MR) is 62.8 cm³/mol. The summed E-state index contributed by atoms with van der Waals surface area (Å²) >= 11 is 0. The van der Waals surface area contributed by atoms with Gasteiger partial charge in [0.25, 0.3) is 5.91 Å². The molecule has 17 heavy (non-hydrogen) atoms. The average molecular weight is 235 g/mol. The molecule has 0 radical (unpaired) electrons. The maximum absolute atomic E-state index is 11.4. The number of hydrogen-bond acceptors (Lipinski definition) is 4. The Labute approximate surface area is 98.1 Å². The fraction of sp³-hybridized carbons (Fsp3) is 0.273. The molecule has 2 rings (SSSR count). The molecule has 0 bridgehead atoms. The molecule has 1 atom stereocenters. The highest BCUT2D eigenvalue weighted by Gasteiger charge is 2.16. The molecule has 1 aromatic carbocycles. The number of fused-ring (bicyclic) bond motifs is 1. The maximum atomic E-state index is 11.4. The van der Waals surface area contributed by atoms with E-state index >= 15 is 0 Å². The number of hydrogen-bond donors (Lipinski definition) is 3. The van der Waals surface area contributed by atoms with Gasteiger partial charge in [0.15, 0.2) is 6.61 Å². The van der Waals surface area contributed by atoms with Crippen LogP contribution in [-0.2, 0) is 9.59 Å². The lowest BCUT2D eigenvalue weighted by atomic mass is 10.2. The first-order valence-electron chi connectivity index (χ1n) is 5.19. The molecule has 0 saturated carbocycles. The van der Waals surface area contributed by atoms with E-state index in [0.717, 1.165) is 0 Å². The van der Waals surface area contributed by atoms with Gasteiger partial charge < -0.3 is 21.1 Å². The zero-order chi connectivity index (χ0) is 12.4. The normalized spacial score (nSPS) is 15.3. The molecule has 1 aliphatic rings. The number of benzene rings is 1. The summed E-state index contributed by atoms with van der Waals surface area (Å²) in [6.45, 7) is 1.61. The Morgan fingerprint density at radius 2 is 2.35 bits per heavy atom. The van der Waals surface area contributed by atoms with Crippen molar-refractivity contribution in [3.05, 3.63) is 18.2 Å². The molecular weight excluding hydrogens is 222 g/mol. The minimum Gasteiger partial charge on any atom is -0.482 e. The van der Waals surface area contributed by atoms with Gasteiger partial charge in [0, 0.05) is 5.69 Å². The smallest absolute Gasteiger partial charge is 0.262 e. The molecule has 6 nitrogen and oxygen atoms in total. The van der Waals surface area contributed by atoms with Crippen molar-refractivity contribution in [3.63, 3.8) is 0 Å².